The largest absolute Gasteiger partial charge is 0.416 e. The molecule has 1 fully saturated rings. The van der Waals surface area contributed by atoms with E-state index in [4.69, 9.17) is 0 Å². The van der Waals surface area contributed by atoms with E-state index in [0.717, 1.165) is 12.1 Å². The minimum Gasteiger partial charge on any atom is -0.353 e. The van der Waals surface area contributed by atoms with Crippen molar-refractivity contribution < 1.29 is 18.0 Å². The maximum Gasteiger partial charge on any atom is 0.416 e. The zero-order valence-corrected chi connectivity index (χ0v) is 10.5. The molecule has 1 amide bonds. The molecule has 1 aliphatic heterocycles. The third-order valence-electron chi connectivity index (χ3n) is 3.27. The number of nitrogens with zero attached hydrogens (tertiary/aromatic N) is 1. The first kappa shape index (κ1) is 13.9. The topological polar surface area (TPSA) is 32.3 Å². The minimum atomic E-state index is -4.33. The molecule has 1 unspecified atom stereocenters. The van der Waals surface area contributed by atoms with Crippen molar-refractivity contribution in [3.8, 4) is 0 Å². The number of alkyl halides is 3. The Labute approximate surface area is 109 Å². The van der Waals surface area contributed by atoms with Gasteiger partial charge in [-0.3, -0.25) is 9.69 Å². The van der Waals surface area contributed by atoms with E-state index >= 15 is 0 Å². The van der Waals surface area contributed by atoms with Crippen molar-refractivity contribution in [2.45, 2.75) is 25.7 Å². The molecular weight excluding hydrogens is 257 g/mol. The van der Waals surface area contributed by atoms with Gasteiger partial charge in [0, 0.05) is 19.6 Å². The number of amides is 1. The molecule has 0 radical (unpaired) electrons. The maximum absolute atomic E-state index is 12.6. The van der Waals surface area contributed by atoms with E-state index in [2.05, 4.69) is 5.32 Å². The summed E-state index contributed by atoms with van der Waals surface area (Å²) in [5.74, 6) is -0.0850. The second kappa shape index (κ2) is 5.21. The van der Waals surface area contributed by atoms with Crippen molar-refractivity contribution in [2.24, 2.45) is 0 Å². The van der Waals surface area contributed by atoms with Crippen LogP contribution in [0.4, 0.5) is 13.2 Å². The Balaban J connectivity index is 2.13. The van der Waals surface area contributed by atoms with Gasteiger partial charge in [0.1, 0.15) is 0 Å². The molecule has 6 heteroatoms. The molecule has 19 heavy (non-hydrogen) atoms. The summed E-state index contributed by atoms with van der Waals surface area (Å²) in [5.41, 5.74) is -0.0875. The van der Waals surface area contributed by atoms with Gasteiger partial charge in [-0.05, 0) is 18.6 Å². The van der Waals surface area contributed by atoms with Crippen LogP contribution in [0.25, 0.3) is 0 Å². The van der Waals surface area contributed by atoms with Crippen molar-refractivity contribution in [2.75, 3.05) is 13.1 Å². The van der Waals surface area contributed by atoms with E-state index in [1.807, 2.05) is 4.90 Å². The first-order valence-electron chi connectivity index (χ1n) is 6.06. The molecule has 1 aromatic carbocycles. The van der Waals surface area contributed by atoms with Crippen molar-refractivity contribution in [1.29, 1.82) is 0 Å². The fraction of sp³-hybridized carbons (Fsp3) is 0.462. The van der Waals surface area contributed by atoms with Crippen molar-refractivity contribution in [1.82, 2.24) is 10.2 Å². The van der Waals surface area contributed by atoms with Crippen LogP contribution in [0.5, 0.6) is 0 Å². The highest BCUT2D eigenvalue weighted by Crippen LogP contribution is 2.29. The van der Waals surface area contributed by atoms with Crippen LogP contribution in [0.15, 0.2) is 24.3 Å². The second-order valence-corrected chi connectivity index (χ2v) is 4.64. The van der Waals surface area contributed by atoms with Gasteiger partial charge in [-0.1, -0.05) is 18.2 Å². The van der Waals surface area contributed by atoms with Gasteiger partial charge in [0.2, 0.25) is 5.91 Å². The summed E-state index contributed by atoms with van der Waals surface area (Å²) in [6.45, 7) is 3.27. The van der Waals surface area contributed by atoms with E-state index in [1.165, 1.54) is 6.07 Å². The first-order valence-corrected chi connectivity index (χ1v) is 6.06. The Morgan fingerprint density at radius 2 is 2.16 bits per heavy atom. The van der Waals surface area contributed by atoms with Crippen LogP contribution in [-0.4, -0.2) is 29.9 Å². The van der Waals surface area contributed by atoms with E-state index in [1.54, 1.807) is 13.0 Å². The Morgan fingerprint density at radius 1 is 1.42 bits per heavy atom. The molecule has 1 aliphatic rings. The smallest absolute Gasteiger partial charge is 0.353 e. The summed E-state index contributed by atoms with van der Waals surface area (Å²) in [6, 6.07) is 4.92. The summed E-state index contributed by atoms with van der Waals surface area (Å²) < 4.78 is 37.8. The summed E-state index contributed by atoms with van der Waals surface area (Å²) in [5, 5.41) is 2.72. The van der Waals surface area contributed by atoms with Crippen LogP contribution in [0, 0.1) is 0 Å². The van der Waals surface area contributed by atoms with Gasteiger partial charge < -0.3 is 5.32 Å². The number of hydrogen-bond acceptors (Lipinski definition) is 2. The Bertz CT molecular complexity index is 473. The molecule has 0 aliphatic carbocycles. The second-order valence-electron chi connectivity index (χ2n) is 4.64. The van der Waals surface area contributed by atoms with Gasteiger partial charge in [-0.2, -0.15) is 13.2 Å². The lowest BCUT2D eigenvalue weighted by Crippen LogP contribution is -2.53. The number of hydrogen-bond donors (Lipinski definition) is 1. The monoisotopic (exact) mass is 272 g/mol. The average molecular weight is 272 g/mol. The maximum atomic E-state index is 12.6. The van der Waals surface area contributed by atoms with Gasteiger partial charge in [0.25, 0.3) is 0 Å². The lowest BCUT2D eigenvalue weighted by Gasteiger charge is -2.32. The van der Waals surface area contributed by atoms with E-state index < -0.39 is 11.7 Å². The number of benzene rings is 1. The average Bonchev–Trinajstić information content (AvgIpc) is 2.34. The molecule has 0 saturated carbocycles. The highest BCUT2D eigenvalue weighted by molar-refractivity contribution is 5.81. The van der Waals surface area contributed by atoms with Gasteiger partial charge in [-0.25, -0.2) is 0 Å². The molecule has 1 heterocycles. The van der Waals surface area contributed by atoms with E-state index in [9.17, 15) is 18.0 Å². The van der Waals surface area contributed by atoms with Crippen LogP contribution < -0.4 is 5.32 Å². The third kappa shape index (κ3) is 3.26. The van der Waals surface area contributed by atoms with Crippen LogP contribution in [0.3, 0.4) is 0 Å². The number of rotatable bonds is 2. The van der Waals surface area contributed by atoms with Crippen LogP contribution >= 0.6 is 0 Å². The van der Waals surface area contributed by atoms with Crippen LogP contribution in [-0.2, 0) is 17.5 Å². The standard InChI is InChI=1S/C13H15F3N2O/c1-9-12(19)17-5-6-18(9)8-10-3-2-4-11(7-10)13(14,15)16/h2-4,7,9H,5-6,8H2,1H3,(H,17,19). The Morgan fingerprint density at radius 3 is 2.84 bits per heavy atom. The number of halogens is 3. The number of nitrogens with one attached hydrogen (secondary N) is 1. The minimum absolute atomic E-state index is 0.0850. The zero-order valence-electron chi connectivity index (χ0n) is 10.5. The van der Waals surface area contributed by atoms with Crippen LogP contribution in [0.1, 0.15) is 18.1 Å². The lowest BCUT2D eigenvalue weighted by molar-refractivity contribution is -0.137. The van der Waals surface area contributed by atoms with E-state index in [0.29, 0.717) is 25.2 Å². The number of carbonyl (C=O) groups is 1. The zero-order chi connectivity index (χ0) is 14.0. The molecule has 104 valence electrons. The SMILES string of the molecule is CC1C(=O)NCCN1Cc1cccc(C(F)(F)F)c1. The summed E-state index contributed by atoms with van der Waals surface area (Å²) in [6.07, 6.45) is -4.33. The van der Waals surface area contributed by atoms with Gasteiger partial charge >= 0.3 is 6.18 Å². The summed E-state index contributed by atoms with van der Waals surface area (Å²) in [4.78, 5) is 13.4. The van der Waals surface area contributed by atoms with Gasteiger partial charge in [0.15, 0.2) is 0 Å². The lowest BCUT2D eigenvalue weighted by atomic mass is 10.1. The molecule has 2 rings (SSSR count). The predicted octanol–water partition coefficient (Wildman–Crippen LogP) is 2.03. The molecule has 0 spiro atoms. The molecule has 1 atom stereocenters. The van der Waals surface area contributed by atoms with Crippen molar-refractivity contribution in [3.63, 3.8) is 0 Å². The van der Waals surface area contributed by atoms with Gasteiger partial charge in [-0.15, -0.1) is 0 Å². The molecule has 0 bridgehead atoms. The highest BCUT2D eigenvalue weighted by atomic mass is 19.4. The highest BCUT2D eigenvalue weighted by Gasteiger charge is 2.31. The summed E-state index contributed by atoms with van der Waals surface area (Å²) in [7, 11) is 0. The fourth-order valence-electron chi connectivity index (χ4n) is 2.13. The summed E-state index contributed by atoms with van der Waals surface area (Å²) >= 11 is 0. The molecule has 3 nitrogen and oxygen atoms in total. The number of carbonyl (C=O) groups excluding carboxylic acids is 1. The number of piperazine rings is 1. The fourth-order valence-corrected chi connectivity index (χ4v) is 2.13. The normalized spacial score (nSPS) is 21.3. The molecule has 1 aromatic rings. The Hall–Kier alpha value is -1.56. The molecule has 1 N–H and O–H groups in total. The first-order chi connectivity index (χ1) is 8.88. The van der Waals surface area contributed by atoms with Crippen molar-refractivity contribution in [3.05, 3.63) is 35.4 Å². The Kier molecular flexibility index (Phi) is 3.80. The molecule has 1 saturated heterocycles. The van der Waals surface area contributed by atoms with Crippen molar-refractivity contribution >= 4 is 5.91 Å². The van der Waals surface area contributed by atoms with E-state index in [-0.39, 0.29) is 11.9 Å². The quantitative estimate of drug-likeness (QED) is 0.893. The molecular formula is C13H15F3N2O. The molecule has 0 aromatic heterocycles. The predicted molar refractivity (Wildman–Crippen MR) is 64.3 cm³/mol. The van der Waals surface area contributed by atoms with Gasteiger partial charge in [0.05, 0.1) is 11.6 Å². The third-order valence-corrected chi connectivity index (χ3v) is 3.27. The van der Waals surface area contributed by atoms with Crippen LogP contribution in [0.2, 0.25) is 0 Å².